The summed E-state index contributed by atoms with van der Waals surface area (Å²) >= 11 is 1.38. The molecule has 32 heavy (non-hydrogen) atoms. The zero-order valence-corrected chi connectivity index (χ0v) is 20.5. The third kappa shape index (κ3) is 5.71. The fourth-order valence-electron chi connectivity index (χ4n) is 3.44. The van der Waals surface area contributed by atoms with E-state index in [1.54, 1.807) is 0 Å². The van der Waals surface area contributed by atoms with Crippen LogP contribution in [0.4, 0.5) is 5.69 Å². The summed E-state index contributed by atoms with van der Waals surface area (Å²) in [5, 5.41) is 12.3. The summed E-state index contributed by atoms with van der Waals surface area (Å²) in [6.07, 6.45) is 0. The highest BCUT2D eigenvalue weighted by Gasteiger charge is 2.16. The summed E-state index contributed by atoms with van der Waals surface area (Å²) < 4.78 is 8.14. The first-order chi connectivity index (χ1) is 15.3. The Morgan fingerprint density at radius 1 is 1.16 bits per heavy atom. The monoisotopic (exact) mass is 452 g/mol. The molecule has 170 valence electrons. The molecule has 0 unspecified atom stereocenters. The maximum atomic E-state index is 12.5. The molecule has 0 aliphatic carbocycles. The number of ether oxygens (including phenoxy) is 1. The van der Waals surface area contributed by atoms with E-state index in [1.807, 2.05) is 43.5 Å². The van der Waals surface area contributed by atoms with Crippen LogP contribution in [0.15, 0.2) is 41.6 Å². The first-order valence-electron chi connectivity index (χ1n) is 10.9. The van der Waals surface area contributed by atoms with Crippen LogP contribution in [0, 0.1) is 20.8 Å². The van der Waals surface area contributed by atoms with Gasteiger partial charge in [0.25, 0.3) is 0 Å². The van der Waals surface area contributed by atoms with Crippen LogP contribution in [0.2, 0.25) is 0 Å². The van der Waals surface area contributed by atoms with Crippen molar-refractivity contribution >= 4 is 23.4 Å². The van der Waals surface area contributed by atoms with Gasteiger partial charge in [-0.3, -0.25) is 4.79 Å². The summed E-state index contributed by atoms with van der Waals surface area (Å²) in [4.78, 5) is 12.5. The van der Waals surface area contributed by atoms with Gasteiger partial charge in [-0.15, -0.1) is 10.2 Å². The molecule has 0 aliphatic heterocycles. The maximum Gasteiger partial charge on any atom is 0.234 e. The second-order valence-electron chi connectivity index (χ2n) is 8.21. The number of carbonyl (C=O) groups is 1. The number of aromatic nitrogens is 3. The molecule has 1 aromatic heterocycles. The first-order valence-corrected chi connectivity index (χ1v) is 11.9. The predicted octanol–water partition coefficient (Wildman–Crippen LogP) is 5.66. The number of thioether (sulfide) groups is 1. The minimum absolute atomic E-state index is 0.0616. The SMILES string of the molecule is CCn1c(COc2cc(C)ccc2C(C)C)nnc1SCC(=O)Nc1cccc(C)c1C. The lowest BCUT2D eigenvalue weighted by molar-refractivity contribution is -0.113. The molecule has 1 amide bonds. The number of aryl methyl sites for hydroxylation is 2. The normalized spacial score (nSPS) is 11.1. The Bertz CT molecular complexity index is 1090. The highest BCUT2D eigenvalue weighted by atomic mass is 32.2. The molecule has 0 atom stereocenters. The van der Waals surface area contributed by atoms with Crippen molar-refractivity contribution < 1.29 is 9.53 Å². The van der Waals surface area contributed by atoms with Crippen molar-refractivity contribution in [2.45, 2.75) is 65.8 Å². The standard InChI is InChI=1S/C25H32N4O2S/c1-7-29-23(14-31-22-13-17(4)11-12-20(22)16(2)3)27-28-25(29)32-15-24(30)26-21-10-8-9-18(5)19(21)6/h8-13,16H,7,14-15H2,1-6H3,(H,26,30). The Hall–Kier alpha value is -2.80. The summed E-state index contributed by atoms with van der Waals surface area (Å²) in [7, 11) is 0. The quantitative estimate of drug-likeness (QED) is 0.425. The Labute approximate surface area is 194 Å². The number of rotatable bonds is 9. The van der Waals surface area contributed by atoms with Gasteiger partial charge in [0.05, 0.1) is 5.75 Å². The highest BCUT2D eigenvalue weighted by molar-refractivity contribution is 7.99. The van der Waals surface area contributed by atoms with Crippen molar-refractivity contribution in [3.8, 4) is 5.75 Å². The van der Waals surface area contributed by atoms with Crippen LogP contribution in [0.3, 0.4) is 0 Å². The number of amides is 1. The fourth-order valence-corrected chi connectivity index (χ4v) is 4.26. The molecule has 0 aliphatic rings. The van der Waals surface area contributed by atoms with Crippen LogP contribution in [0.1, 0.15) is 54.8 Å². The van der Waals surface area contributed by atoms with Crippen molar-refractivity contribution in [3.63, 3.8) is 0 Å². The predicted molar refractivity (Wildman–Crippen MR) is 131 cm³/mol. The molecule has 7 heteroatoms. The van der Waals surface area contributed by atoms with E-state index in [-0.39, 0.29) is 11.7 Å². The van der Waals surface area contributed by atoms with Crippen molar-refractivity contribution in [1.82, 2.24) is 14.8 Å². The van der Waals surface area contributed by atoms with Gasteiger partial charge in [0, 0.05) is 12.2 Å². The number of anilines is 1. The summed E-state index contributed by atoms with van der Waals surface area (Å²) in [6, 6.07) is 12.2. The number of hydrogen-bond acceptors (Lipinski definition) is 5. The van der Waals surface area contributed by atoms with Crippen LogP contribution in [-0.2, 0) is 17.9 Å². The topological polar surface area (TPSA) is 69.0 Å². The zero-order chi connectivity index (χ0) is 23.3. The van der Waals surface area contributed by atoms with Crippen molar-refractivity contribution in [2.75, 3.05) is 11.1 Å². The lowest BCUT2D eigenvalue weighted by Gasteiger charge is -2.15. The second-order valence-corrected chi connectivity index (χ2v) is 9.15. The fraction of sp³-hybridized carbons (Fsp3) is 0.400. The zero-order valence-electron chi connectivity index (χ0n) is 19.7. The molecule has 1 heterocycles. The van der Waals surface area contributed by atoms with E-state index in [2.05, 4.69) is 54.5 Å². The molecule has 0 spiro atoms. The minimum Gasteiger partial charge on any atom is -0.485 e. The van der Waals surface area contributed by atoms with Gasteiger partial charge in [0.1, 0.15) is 12.4 Å². The van der Waals surface area contributed by atoms with Gasteiger partial charge in [0.2, 0.25) is 5.91 Å². The number of nitrogens with one attached hydrogen (secondary N) is 1. The molecule has 0 radical (unpaired) electrons. The molecule has 3 aromatic rings. The van der Waals surface area contributed by atoms with Crippen molar-refractivity contribution in [3.05, 3.63) is 64.5 Å². The van der Waals surface area contributed by atoms with Gasteiger partial charge in [-0.2, -0.15) is 0 Å². The second kappa shape index (κ2) is 10.7. The van der Waals surface area contributed by atoms with Crippen LogP contribution in [0.25, 0.3) is 0 Å². The number of hydrogen-bond donors (Lipinski definition) is 1. The summed E-state index contributed by atoms with van der Waals surface area (Å²) in [5.41, 5.74) is 5.42. The van der Waals surface area contributed by atoms with E-state index in [1.165, 1.54) is 17.3 Å². The summed E-state index contributed by atoms with van der Waals surface area (Å²) in [6.45, 7) is 13.5. The van der Waals surface area contributed by atoms with Gasteiger partial charge in [0.15, 0.2) is 11.0 Å². The van der Waals surface area contributed by atoms with E-state index in [4.69, 9.17) is 4.74 Å². The van der Waals surface area contributed by atoms with E-state index in [0.29, 0.717) is 19.1 Å². The van der Waals surface area contributed by atoms with E-state index in [9.17, 15) is 4.79 Å². The number of carbonyl (C=O) groups excluding carboxylic acids is 1. The van der Waals surface area contributed by atoms with Crippen LogP contribution < -0.4 is 10.1 Å². The Morgan fingerprint density at radius 3 is 2.66 bits per heavy atom. The molecule has 2 aromatic carbocycles. The number of benzene rings is 2. The average molecular weight is 453 g/mol. The van der Waals surface area contributed by atoms with Gasteiger partial charge in [-0.1, -0.05) is 49.9 Å². The minimum atomic E-state index is -0.0616. The Balaban J connectivity index is 1.64. The maximum absolute atomic E-state index is 12.5. The van der Waals surface area contributed by atoms with Crippen LogP contribution in [-0.4, -0.2) is 26.4 Å². The lowest BCUT2D eigenvalue weighted by Crippen LogP contribution is -2.16. The van der Waals surface area contributed by atoms with Crippen molar-refractivity contribution in [2.24, 2.45) is 0 Å². The molecule has 3 rings (SSSR count). The molecule has 1 N–H and O–H groups in total. The van der Waals surface area contributed by atoms with Crippen LogP contribution in [0.5, 0.6) is 5.75 Å². The van der Waals surface area contributed by atoms with Gasteiger partial charge >= 0.3 is 0 Å². The highest BCUT2D eigenvalue weighted by Crippen LogP contribution is 2.28. The van der Waals surface area contributed by atoms with E-state index < -0.39 is 0 Å². The molecule has 0 fully saturated rings. The molecular formula is C25H32N4O2S. The van der Waals surface area contributed by atoms with Crippen molar-refractivity contribution in [1.29, 1.82) is 0 Å². The Kier molecular flexibility index (Phi) is 7.96. The number of nitrogens with zero attached hydrogens (tertiary/aromatic N) is 3. The van der Waals surface area contributed by atoms with E-state index in [0.717, 1.165) is 39.1 Å². The van der Waals surface area contributed by atoms with Gasteiger partial charge < -0.3 is 14.6 Å². The average Bonchev–Trinajstić information content (AvgIpc) is 3.15. The van der Waals surface area contributed by atoms with Crippen LogP contribution >= 0.6 is 11.8 Å². The smallest absolute Gasteiger partial charge is 0.234 e. The summed E-state index contributed by atoms with van der Waals surface area (Å²) in [5.74, 6) is 2.21. The third-order valence-corrected chi connectivity index (χ3v) is 6.44. The third-order valence-electron chi connectivity index (χ3n) is 5.47. The molecule has 6 nitrogen and oxygen atoms in total. The van der Waals surface area contributed by atoms with E-state index >= 15 is 0 Å². The largest absolute Gasteiger partial charge is 0.485 e. The molecule has 0 saturated carbocycles. The molecule has 0 bridgehead atoms. The van der Waals surface area contributed by atoms with Gasteiger partial charge in [-0.05, 0) is 68.0 Å². The Morgan fingerprint density at radius 2 is 1.94 bits per heavy atom. The first kappa shape index (κ1) is 23.9. The molecular weight excluding hydrogens is 420 g/mol. The molecule has 0 saturated heterocycles. The lowest BCUT2D eigenvalue weighted by atomic mass is 10.0. The van der Waals surface area contributed by atoms with Gasteiger partial charge in [-0.25, -0.2) is 0 Å².